The fraction of sp³-hybridized carbons (Fsp3) is 0.304. The molecule has 0 unspecified atom stereocenters. The number of carbonyl (C=O) groups excluding carboxylic acids is 1. The molecule has 0 spiro atoms. The van der Waals surface area contributed by atoms with E-state index in [4.69, 9.17) is 16.7 Å². The average Bonchev–Trinajstić information content (AvgIpc) is 3.35. The maximum atomic E-state index is 12.5. The summed E-state index contributed by atoms with van der Waals surface area (Å²) in [4.78, 5) is 14.6. The predicted molar refractivity (Wildman–Crippen MR) is 129 cm³/mol. The fourth-order valence-corrected chi connectivity index (χ4v) is 5.26. The lowest BCUT2D eigenvalue weighted by molar-refractivity contribution is -0.115. The van der Waals surface area contributed by atoms with Crippen molar-refractivity contribution < 1.29 is 13.2 Å². The maximum Gasteiger partial charge on any atom is 0.240 e. The van der Waals surface area contributed by atoms with Gasteiger partial charge in [-0.25, -0.2) is 18.2 Å². The first-order chi connectivity index (χ1) is 15.6. The van der Waals surface area contributed by atoms with Crippen LogP contribution in [-0.2, 0) is 21.2 Å². The molecule has 1 saturated heterocycles. The summed E-state index contributed by atoms with van der Waals surface area (Å²) >= 11 is 6.12. The molecule has 0 radical (unpaired) electrons. The molecule has 3 N–H and O–H groups in total. The largest absolute Gasteiger partial charge is 0.364 e. The maximum absolute atomic E-state index is 12.5. The molecule has 4 rings (SSSR count). The van der Waals surface area contributed by atoms with Crippen LogP contribution in [0.4, 0.5) is 11.4 Å². The first-order valence-corrected chi connectivity index (χ1v) is 12.6. The molecule has 0 aliphatic carbocycles. The predicted octanol–water partition coefficient (Wildman–Crippen LogP) is 3.73. The smallest absolute Gasteiger partial charge is 0.240 e. The molecule has 2 heterocycles. The van der Waals surface area contributed by atoms with Gasteiger partial charge in [0.1, 0.15) is 4.90 Å². The number of nitrogens with zero attached hydrogens (tertiary/aromatic N) is 3. The highest BCUT2D eigenvalue weighted by molar-refractivity contribution is 7.89. The van der Waals surface area contributed by atoms with Gasteiger partial charge in [-0.15, -0.1) is 0 Å². The van der Waals surface area contributed by atoms with E-state index in [-0.39, 0.29) is 17.2 Å². The van der Waals surface area contributed by atoms with E-state index >= 15 is 0 Å². The molecule has 1 aliphatic rings. The molecule has 0 bridgehead atoms. The molecule has 174 valence electrons. The molecule has 2 aromatic carbocycles. The summed E-state index contributed by atoms with van der Waals surface area (Å²) in [6.07, 6.45) is 5.78. The van der Waals surface area contributed by atoms with E-state index in [0.717, 1.165) is 18.5 Å². The third-order valence-electron chi connectivity index (χ3n) is 5.92. The number of aromatic nitrogens is 2. The molecule has 8 nitrogen and oxygen atoms in total. The Morgan fingerprint density at radius 3 is 2.55 bits per heavy atom. The van der Waals surface area contributed by atoms with Crippen molar-refractivity contribution in [1.82, 2.24) is 9.78 Å². The molecular weight excluding hydrogens is 462 g/mol. The van der Waals surface area contributed by atoms with Gasteiger partial charge in [0.05, 0.1) is 30.2 Å². The van der Waals surface area contributed by atoms with E-state index in [2.05, 4.69) is 29.2 Å². The summed E-state index contributed by atoms with van der Waals surface area (Å²) in [6.45, 7) is 4.33. The van der Waals surface area contributed by atoms with Gasteiger partial charge < -0.3 is 10.2 Å². The van der Waals surface area contributed by atoms with Gasteiger partial charge in [-0.3, -0.25) is 4.79 Å². The van der Waals surface area contributed by atoms with Crippen molar-refractivity contribution in [1.29, 1.82) is 0 Å². The summed E-state index contributed by atoms with van der Waals surface area (Å²) < 4.78 is 26.2. The van der Waals surface area contributed by atoms with Crippen LogP contribution < -0.4 is 15.4 Å². The molecule has 33 heavy (non-hydrogen) atoms. The Balaban J connectivity index is 1.61. The molecule has 1 fully saturated rings. The van der Waals surface area contributed by atoms with Crippen molar-refractivity contribution in [3.63, 3.8) is 0 Å². The lowest BCUT2D eigenvalue weighted by Crippen LogP contribution is -2.32. The summed E-state index contributed by atoms with van der Waals surface area (Å²) in [5.74, 6) is -0.324. The lowest BCUT2D eigenvalue weighted by atomic mass is 10.1. The Labute approximate surface area is 198 Å². The van der Waals surface area contributed by atoms with Gasteiger partial charge in [0.15, 0.2) is 0 Å². The van der Waals surface area contributed by atoms with E-state index in [1.165, 1.54) is 10.7 Å². The second-order valence-electron chi connectivity index (χ2n) is 8.37. The number of sulfonamides is 1. The first kappa shape index (κ1) is 23.3. The van der Waals surface area contributed by atoms with Gasteiger partial charge in [0, 0.05) is 22.8 Å². The van der Waals surface area contributed by atoms with Crippen LogP contribution in [0, 0.1) is 0 Å². The zero-order chi connectivity index (χ0) is 23.8. The third kappa shape index (κ3) is 5.05. The summed E-state index contributed by atoms with van der Waals surface area (Å²) in [6, 6.07) is 12.4. The standard InChI is InChI=1S/C23H26ClN5O3S/c1-15-7-8-16(2)29(15)19-13-26-28(14-19)21-10-9-18(12-22(21)33(25,31)32)27-23(30)11-17-5-3-4-6-20(17)24/h3-6,9-10,12-16H,7-8,11H2,1-2H3,(H,27,30)(H2,25,31,32)/t15-,16-/m0/s1. The van der Waals surface area contributed by atoms with Crippen molar-refractivity contribution in [2.24, 2.45) is 5.14 Å². The summed E-state index contributed by atoms with van der Waals surface area (Å²) in [7, 11) is -4.08. The number of hydrogen-bond acceptors (Lipinski definition) is 5. The van der Waals surface area contributed by atoms with Crippen LogP contribution in [0.15, 0.2) is 59.8 Å². The van der Waals surface area contributed by atoms with Crippen LogP contribution in [0.5, 0.6) is 0 Å². The summed E-state index contributed by atoms with van der Waals surface area (Å²) in [5.41, 5.74) is 2.22. The third-order valence-corrected chi connectivity index (χ3v) is 7.23. The number of primary sulfonamides is 1. The van der Waals surface area contributed by atoms with Crippen LogP contribution >= 0.6 is 11.6 Å². The zero-order valence-electron chi connectivity index (χ0n) is 18.4. The molecule has 2 atom stereocenters. The normalized spacial score (nSPS) is 18.5. The van der Waals surface area contributed by atoms with Crippen LogP contribution in [0.1, 0.15) is 32.3 Å². The highest BCUT2D eigenvalue weighted by atomic mass is 35.5. The van der Waals surface area contributed by atoms with Crippen molar-refractivity contribution in [2.75, 3.05) is 10.2 Å². The molecule has 1 amide bonds. The second-order valence-corrected chi connectivity index (χ2v) is 10.3. The van der Waals surface area contributed by atoms with Gasteiger partial charge in [0.2, 0.25) is 15.9 Å². The summed E-state index contributed by atoms with van der Waals surface area (Å²) in [5, 5.41) is 13.1. The monoisotopic (exact) mass is 487 g/mol. The lowest BCUT2D eigenvalue weighted by Gasteiger charge is -2.26. The quantitative estimate of drug-likeness (QED) is 0.550. The molecule has 1 aliphatic heterocycles. The molecule has 1 aromatic heterocycles. The average molecular weight is 488 g/mol. The molecule has 3 aromatic rings. The number of amides is 1. The van der Waals surface area contributed by atoms with Gasteiger partial charge in [0.25, 0.3) is 0 Å². The van der Waals surface area contributed by atoms with Crippen LogP contribution in [0.3, 0.4) is 0 Å². The number of rotatable bonds is 6. The number of halogens is 1. The Bertz CT molecular complexity index is 1280. The highest BCUT2D eigenvalue weighted by Crippen LogP contribution is 2.31. The fourth-order valence-electron chi connectivity index (χ4n) is 4.31. The minimum atomic E-state index is -4.08. The van der Waals surface area contributed by atoms with Gasteiger partial charge in [-0.05, 0) is 56.5 Å². The van der Waals surface area contributed by atoms with Crippen LogP contribution in [0.2, 0.25) is 5.02 Å². The molecule has 10 heteroatoms. The Hall–Kier alpha value is -2.88. The molecular formula is C23H26ClN5O3S. The first-order valence-electron chi connectivity index (χ1n) is 10.7. The second kappa shape index (κ2) is 9.17. The van der Waals surface area contributed by atoms with Gasteiger partial charge in [-0.1, -0.05) is 29.8 Å². The van der Waals surface area contributed by atoms with Crippen molar-refractivity contribution in [3.05, 3.63) is 65.4 Å². The number of anilines is 2. The topological polar surface area (TPSA) is 110 Å². The minimum absolute atomic E-state index is 0.0564. The Morgan fingerprint density at radius 1 is 1.18 bits per heavy atom. The number of nitrogens with two attached hydrogens (primary N) is 1. The van der Waals surface area contributed by atoms with E-state index in [9.17, 15) is 13.2 Å². The SMILES string of the molecule is C[C@H]1CC[C@H](C)N1c1cnn(-c2ccc(NC(=O)Cc3ccccc3Cl)cc2S(N)(=O)=O)c1. The van der Waals surface area contributed by atoms with E-state index in [1.54, 1.807) is 48.8 Å². The Kier molecular flexibility index (Phi) is 6.47. The zero-order valence-corrected chi connectivity index (χ0v) is 20.0. The van der Waals surface area contributed by atoms with Gasteiger partial charge in [-0.2, -0.15) is 5.10 Å². The van der Waals surface area contributed by atoms with E-state index in [0.29, 0.717) is 34.0 Å². The molecule has 0 saturated carbocycles. The Morgan fingerprint density at radius 2 is 1.88 bits per heavy atom. The van der Waals surface area contributed by atoms with Gasteiger partial charge >= 0.3 is 0 Å². The number of benzene rings is 2. The minimum Gasteiger partial charge on any atom is -0.364 e. The number of nitrogens with one attached hydrogen (secondary N) is 1. The number of hydrogen-bond donors (Lipinski definition) is 2. The van der Waals surface area contributed by atoms with E-state index in [1.807, 2.05) is 0 Å². The van der Waals surface area contributed by atoms with Crippen LogP contribution in [-0.4, -0.2) is 36.2 Å². The van der Waals surface area contributed by atoms with Crippen LogP contribution in [0.25, 0.3) is 5.69 Å². The highest BCUT2D eigenvalue weighted by Gasteiger charge is 2.28. The van der Waals surface area contributed by atoms with E-state index < -0.39 is 10.0 Å². The van der Waals surface area contributed by atoms with Crippen molar-refractivity contribution in [2.45, 2.75) is 50.1 Å². The van der Waals surface area contributed by atoms with Crippen molar-refractivity contribution in [3.8, 4) is 5.69 Å². The van der Waals surface area contributed by atoms with Crippen molar-refractivity contribution >= 4 is 38.9 Å². The number of carbonyl (C=O) groups is 1.